The van der Waals surface area contributed by atoms with Crippen LogP contribution in [0.4, 0.5) is 0 Å². The fourth-order valence-electron chi connectivity index (χ4n) is 1.24. The van der Waals surface area contributed by atoms with Crippen LogP contribution in [0.15, 0.2) is 39.6 Å². The molecule has 0 aliphatic carbocycles. The summed E-state index contributed by atoms with van der Waals surface area (Å²) in [5, 5.41) is 0. The average molecular weight is 187 g/mol. The van der Waals surface area contributed by atoms with Crippen LogP contribution < -0.4 is 18.9 Å². The monoisotopic (exact) mass is 187 g/mol. The molecule has 1 aromatic rings. The molecule has 0 saturated heterocycles. The van der Waals surface area contributed by atoms with E-state index in [0.29, 0.717) is 6.54 Å². The van der Waals surface area contributed by atoms with Crippen LogP contribution in [0.25, 0.3) is 0 Å². The van der Waals surface area contributed by atoms with Crippen molar-refractivity contribution in [3.05, 3.63) is 36.1 Å². The Labute approximate surface area is 91.1 Å². The summed E-state index contributed by atoms with van der Waals surface area (Å²) >= 11 is 0. The number of hydrogen-bond acceptors (Lipinski definition) is 2. The molecule has 4 heteroatoms. The minimum Gasteiger partial charge on any atom is -0.278 e. The molecule has 1 aromatic carbocycles. The third-order valence-corrected chi connectivity index (χ3v) is 4.04. The van der Waals surface area contributed by atoms with E-state index in [1.807, 2.05) is 36.1 Å². The molecule has 0 radical (unpaired) electrons. The Kier molecular flexibility index (Phi) is 3.61. The molecular weight excluding hydrogens is 177 g/mol. The van der Waals surface area contributed by atoms with E-state index >= 15 is 0 Å². The summed E-state index contributed by atoms with van der Waals surface area (Å²) in [7, 11) is -2.13. The van der Waals surface area contributed by atoms with Crippen molar-refractivity contribution < 1.29 is 23.1 Å². The predicted octanol–water partition coefficient (Wildman–Crippen LogP) is -0.917. The van der Waals surface area contributed by atoms with Gasteiger partial charge in [0.15, 0.2) is 0 Å². The molecule has 1 aliphatic heterocycles. The minimum absolute atomic E-state index is 0. The predicted molar refractivity (Wildman–Crippen MR) is 49.1 cm³/mol. The minimum atomic E-state index is -2.13. The molecule has 1 heterocycles. The first kappa shape index (κ1) is 10.8. The Bertz CT molecular complexity index is 382. The average Bonchev–Trinajstić information content (AvgIpc) is 2.55. The number of benzene rings is 1. The molecule has 0 fully saturated rings. The SMILES string of the molecule is O=[S@@]1(c2ccccc2)=NCC[CH-]1.[Li+]. The summed E-state index contributed by atoms with van der Waals surface area (Å²) in [5.74, 6) is 1.82. The quantitative estimate of drug-likeness (QED) is 0.413. The Morgan fingerprint density at radius 1 is 1.31 bits per heavy atom. The maximum atomic E-state index is 12.0. The van der Waals surface area contributed by atoms with Crippen molar-refractivity contribution in [3.63, 3.8) is 0 Å². The zero-order chi connectivity index (χ0) is 8.44. The van der Waals surface area contributed by atoms with Gasteiger partial charge in [0.05, 0.1) is 0 Å². The zero-order valence-corrected chi connectivity index (χ0v) is 8.46. The van der Waals surface area contributed by atoms with Crippen LogP contribution >= 0.6 is 0 Å². The molecule has 1 aliphatic rings. The van der Waals surface area contributed by atoms with Crippen LogP contribution in [0.3, 0.4) is 0 Å². The molecule has 13 heavy (non-hydrogen) atoms. The van der Waals surface area contributed by atoms with Crippen LogP contribution in [0, 0.1) is 5.75 Å². The van der Waals surface area contributed by atoms with Gasteiger partial charge in [-0.05, 0) is 12.1 Å². The Balaban J connectivity index is 0.000000845. The summed E-state index contributed by atoms with van der Waals surface area (Å²) in [6.07, 6.45) is 0.841. The Hall–Kier alpha value is -0.233. The van der Waals surface area contributed by atoms with Crippen LogP contribution in [-0.2, 0) is 9.73 Å². The van der Waals surface area contributed by atoms with Crippen molar-refractivity contribution in [2.45, 2.75) is 11.3 Å². The van der Waals surface area contributed by atoms with Gasteiger partial charge in [-0.2, -0.15) is 0 Å². The van der Waals surface area contributed by atoms with Crippen molar-refractivity contribution in [1.29, 1.82) is 0 Å². The molecule has 0 saturated carbocycles. The molecule has 0 spiro atoms. The van der Waals surface area contributed by atoms with E-state index in [0.717, 1.165) is 11.3 Å². The molecule has 0 unspecified atom stereocenters. The van der Waals surface area contributed by atoms with E-state index in [1.54, 1.807) is 0 Å². The van der Waals surface area contributed by atoms with Crippen LogP contribution in [0.2, 0.25) is 0 Å². The van der Waals surface area contributed by atoms with E-state index in [4.69, 9.17) is 0 Å². The van der Waals surface area contributed by atoms with Gasteiger partial charge in [-0.3, -0.25) is 8.57 Å². The molecule has 0 bridgehead atoms. The van der Waals surface area contributed by atoms with Crippen LogP contribution in [-0.4, -0.2) is 10.8 Å². The van der Waals surface area contributed by atoms with Crippen molar-refractivity contribution in [1.82, 2.24) is 0 Å². The molecule has 2 rings (SSSR count). The zero-order valence-electron chi connectivity index (χ0n) is 7.64. The van der Waals surface area contributed by atoms with E-state index in [-0.39, 0.29) is 18.9 Å². The Morgan fingerprint density at radius 2 is 2.00 bits per heavy atom. The molecule has 0 aromatic heterocycles. The normalized spacial score (nSPS) is 26.2. The molecule has 1 atom stereocenters. The van der Waals surface area contributed by atoms with Gasteiger partial charge in [-0.1, -0.05) is 27.9 Å². The van der Waals surface area contributed by atoms with Gasteiger partial charge in [-0.15, -0.1) is 6.42 Å². The van der Waals surface area contributed by atoms with Gasteiger partial charge in [-0.25, -0.2) is 5.75 Å². The largest absolute Gasteiger partial charge is 1.00 e. The first-order chi connectivity index (χ1) is 5.81. The van der Waals surface area contributed by atoms with Gasteiger partial charge in [0.1, 0.15) is 0 Å². The topological polar surface area (TPSA) is 29.4 Å². The van der Waals surface area contributed by atoms with Gasteiger partial charge in [0, 0.05) is 11.4 Å². The van der Waals surface area contributed by atoms with E-state index in [1.165, 1.54) is 0 Å². The first-order valence-electron chi connectivity index (χ1n) is 3.92. The summed E-state index contributed by atoms with van der Waals surface area (Å²) in [6, 6.07) is 9.44. The van der Waals surface area contributed by atoms with Gasteiger partial charge in [0.2, 0.25) is 0 Å². The molecule has 2 nitrogen and oxygen atoms in total. The van der Waals surface area contributed by atoms with E-state index in [2.05, 4.69) is 4.36 Å². The summed E-state index contributed by atoms with van der Waals surface area (Å²) in [5.41, 5.74) is 0. The van der Waals surface area contributed by atoms with E-state index < -0.39 is 9.73 Å². The van der Waals surface area contributed by atoms with Gasteiger partial charge >= 0.3 is 18.9 Å². The molecule has 64 valence electrons. The standard InChI is InChI=1S/C9H10NOS.Li/c11-12(8-4-7-10-12)9-5-2-1-3-6-9;/h1-3,5-6,8H,4,7H2;/q-1;+1/t12-;/m0./s1. The second-order valence-corrected chi connectivity index (χ2v) is 4.89. The van der Waals surface area contributed by atoms with Crippen molar-refractivity contribution in [3.8, 4) is 0 Å². The first-order valence-corrected chi connectivity index (χ1v) is 5.50. The number of nitrogens with zero attached hydrogens (tertiary/aromatic N) is 1. The van der Waals surface area contributed by atoms with Crippen LogP contribution in [0.5, 0.6) is 0 Å². The number of rotatable bonds is 1. The van der Waals surface area contributed by atoms with E-state index in [9.17, 15) is 4.21 Å². The fraction of sp³-hybridized carbons (Fsp3) is 0.222. The third kappa shape index (κ3) is 2.17. The third-order valence-electron chi connectivity index (χ3n) is 1.84. The maximum Gasteiger partial charge on any atom is 1.00 e. The molecular formula is C9H10LiNOS. The van der Waals surface area contributed by atoms with Crippen molar-refractivity contribution in [2.75, 3.05) is 6.54 Å². The summed E-state index contributed by atoms with van der Waals surface area (Å²) in [4.78, 5) is 0.836. The Morgan fingerprint density at radius 3 is 2.54 bits per heavy atom. The van der Waals surface area contributed by atoms with Gasteiger partial charge in [0.25, 0.3) is 0 Å². The molecule has 0 N–H and O–H groups in total. The van der Waals surface area contributed by atoms with Crippen molar-refractivity contribution in [2.24, 2.45) is 4.36 Å². The number of hydrogen-bond donors (Lipinski definition) is 0. The molecule has 0 amide bonds. The smallest absolute Gasteiger partial charge is 0.278 e. The second-order valence-electron chi connectivity index (χ2n) is 2.69. The van der Waals surface area contributed by atoms with Crippen molar-refractivity contribution >= 4 is 9.73 Å². The fourth-order valence-corrected chi connectivity index (χ4v) is 3.04. The summed E-state index contributed by atoms with van der Waals surface area (Å²) in [6.45, 7) is 0.702. The van der Waals surface area contributed by atoms with Gasteiger partial charge < -0.3 is 0 Å². The maximum absolute atomic E-state index is 12.0. The van der Waals surface area contributed by atoms with Crippen LogP contribution in [0.1, 0.15) is 6.42 Å². The summed E-state index contributed by atoms with van der Waals surface area (Å²) < 4.78 is 16.1. The second kappa shape index (κ2) is 4.32.